The van der Waals surface area contributed by atoms with E-state index in [-0.39, 0.29) is 13.2 Å². The molecule has 5 aromatic carbocycles. The number of ether oxygens (including phenoxy) is 2. The van der Waals surface area contributed by atoms with Crippen molar-refractivity contribution in [2.75, 3.05) is 13.2 Å². The van der Waals surface area contributed by atoms with Gasteiger partial charge in [0.1, 0.15) is 36.9 Å². The van der Waals surface area contributed by atoms with Gasteiger partial charge in [-0.05, 0) is 58.3 Å². The van der Waals surface area contributed by atoms with E-state index in [1.807, 2.05) is 109 Å². The summed E-state index contributed by atoms with van der Waals surface area (Å²) in [5, 5.41) is 23.1. The van der Waals surface area contributed by atoms with Gasteiger partial charge in [0, 0.05) is 4.90 Å². The Morgan fingerprint density at radius 3 is 1.78 bits per heavy atom. The maximum absolute atomic E-state index is 10.6. The topological polar surface area (TPSA) is 58.9 Å². The van der Waals surface area contributed by atoms with E-state index >= 15 is 0 Å². The fourth-order valence-electron chi connectivity index (χ4n) is 4.06. The average molecular weight is 509 g/mol. The quantitative estimate of drug-likeness (QED) is 0.209. The molecular weight excluding hydrogens is 480 g/mol. The van der Waals surface area contributed by atoms with Gasteiger partial charge in [-0.2, -0.15) is 0 Å². The largest absolute Gasteiger partial charge is 0.491 e. The summed E-state index contributed by atoms with van der Waals surface area (Å²) in [7, 11) is 0. The lowest BCUT2D eigenvalue weighted by molar-refractivity contribution is 0.107. The average Bonchev–Trinajstić information content (AvgIpc) is 2.96. The van der Waals surface area contributed by atoms with Crippen molar-refractivity contribution < 1.29 is 19.7 Å². The van der Waals surface area contributed by atoms with Gasteiger partial charge in [0.15, 0.2) is 0 Å². The van der Waals surface area contributed by atoms with E-state index in [1.165, 1.54) is 0 Å². The van der Waals surface area contributed by atoms with Gasteiger partial charge in [-0.3, -0.25) is 0 Å². The molecule has 2 atom stereocenters. The van der Waals surface area contributed by atoms with Crippen LogP contribution < -0.4 is 9.47 Å². The third kappa shape index (κ3) is 6.33. The van der Waals surface area contributed by atoms with E-state index in [0.717, 1.165) is 31.7 Å². The Balaban J connectivity index is 1.39. The summed E-state index contributed by atoms with van der Waals surface area (Å²) in [6.45, 7) is 0.316. The second-order valence-corrected chi connectivity index (χ2v) is 9.75. The molecule has 2 N–H and O–H groups in total. The van der Waals surface area contributed by atoms with Crippen molar-refractivity contribution in [2.24, 2.45) is 0 Å². The normalized spacial score (nSPS) is 12.7. The van der Waals surface area contributed by atoms with E-state index in [1.54, 1.807) is 11.8 Å². The summed E-state index contributed by atoms with van der Waals surface area (Å²) in [6, 6.07) is 39.0. The van der Waals surface area contributed by atoms with E-state index in [4.69, 9.17) is 9.47 Å². The van der Waals surface area contributed by atoms with E-state index in [2.05, 4.69) is 12.1 Å². The lowest BCUT2D eigenvalue weighted by Gasteiger charge is -2.18. The Kier molecular flexibility index (Phi) is 8.06. The summed E-state index contributed by atoms with van der Waals surface area (Å²) < 4.78 is 12.1. The third-order valence-electron chi connectivity index (χ3n) is 6.04. The van der Waals surface area contributed by atoms with Crippen LogP contribution in [0, 0.1) is 0 Å². The molecule has 37 heavy (non-hydrogen) atoms. The third-order valence-corrected chi connectivity index (χ3v) is 7.18. The summed E-state index contributed by atoms with van der Waals surface area (Å²) in [6.07, 6.45) is -1.42. The minimum Gasteiger partial charge on any atom is -0.491 e. The monoisotopic (exact) mass is 508 g/mol. The van der Waals surface area contributed by atoms with Gasteiger partial charge in [-0.15, -0.1) is 0 Å². The number of hydrogen-bond acceptors (Lipinski definition) is 5. The van der Waals surface area contributed by atoms with Crippen molar-refractivity contribution in [3.8, 4) is 11.5 Å². The summed E-state index contributed by atoms with van der Waals surface area (Å²) >= 11 is 1.63. The van der Waals surface area contributed by atoms with Crippen LogP contribution in [0.4, 0.5) is 0 Å². The molecular formula is C32H28O4S. The van der Waals surface area contributed by atoms with Crippen LogP contribution in [0.3, 0.4) is 0 Å². The van der Waals surface area contributed by atoms with Crippen LogP contribution in [0.15, 0.2) is 131 Å². The van der Waals surface area contributed by atoms with Crippen LogP contribution in [0.1, 0.15) is 23.3 Å². The van der Waals surface area contributed by atoms with Gasteiger partial charge < -0.3 is 19.7 Å². The number of fused-ring (bicyclic) bond motifs is 1. The molecule has 0 heterocycles. The number of hydrogen-bond donors (Lipinski definition) is 2. The smallest absolute Gasteiger partial charge is 0.134 e. The highest BCUT2D eigenvalue weighted by molar-refractivity contribution is 7.99. The van der Waals surface area contributed by atoms with Crippen molar-refractivity contribution in [1.29, 1.82) is 0 Å². The molecule has 0 aliphatic carbocycles. The van der Waals surface area contributed by atoms with Crippen LogP contribution in [0.2, 0.25) is 0 Å². The standard InChI is InChI=1S/C32H28O4S/c33-29(23-10-4-1-5-11-23)21-35-26-17-18-28-25(20-26)16-19-31(32(28)37-27-14-8-3-9-15-27)36-22-30(34)24-12-6-2-7-13-24/h1-20,29-30,33-34H,21-22H2. The molecule has 186 valence electrons. The van der Waals surface area contributed by atoms with Gasteiger partial charge in [0.2, 0.25) is 0 Å². The SMILES string of the molecule is OC(COc1ccc2c(Sc3ccccc3)c(OCC(O)c3ccccc3)ccc2c1)c1ccccc1. The maximum Gasteiger partial charge on any atom is 0.134 e. The molecule has 5 rings (SSSR count). The van der Waals surface area contributed by atoms with Crippen LogP contribution >= 0.6 is 11.8 Å². The molecule has 0 radical (unpaired) electrons. The summed E-state index contributed by atoms with van der Waals surface area (Å²) in [5.74, 6) is 1.40. The Labute approximate surface area is 221 Å². The highest BCUT2D eigenvalue weighted by Gasteiger charge is 2.15. The lowest BCUT2D eigenvalue weighted by atomic mass is 10.1. The van der Waals surface area contributed by atoms with Crippen LogP contribution in [0.25, 0.3) is 10.8 Å². The molecule has 0 spiro atoms. The molecule has 2 unspecified atom stereocenters. The van der Waals surface area contributed by atoms with Crippen LogP contribution in [-0.4, -0.2) is 23.4 Å². The Morgan fingerprint density at radius 1 is 0.595 bits per heavy atom. The molecule has 0 amide bonds. The Morgan fingerprint density at radius 2 is 1.16 bits per heavy atom. The first-order chi connectivity index (χ1) is 18.2. The molecule has 0 saturated carbocycles. The summed E-state index contributed by atoms with van der Waals surface area (Å²) in [5.41, 5.74) is 1.64. The van der Waals surface area contributed by atoms with E-state index in [9.17, 15) is 10.2 Å². The molecule has 0 saturated heterocycles. The van der Waals surface area contributed by atoms with E-state index < -0.39 is 12.2 Å². The second kappa shape index (κ2) is 12.0. The van der Waals surface area contributed by atoms with Crippen molar-refractivity contribution in [3.63, 3.8) is 0 Å². The second-order valence-electron chi connectivity index (χ2n) is 8.67. The van der Waals surface area contributed by atoms with Crippen LogP contribution in [0.5, 0.6) is 11.5 Å². The summed E-state index contributed by atoms with van der Waals surface area (Å²) in [4.78, 5) is 2.06. The fourth-order valence-corrected chi connectivity index (χ4v) is 5.11. The maximum atomic E-state index is 10.6. The zero-order valence-corrected chi connectivity index (χ0v) is 21.1. The fraction of sp³-hybridized carbons (Fsp3) is 0.125. The number of aliphatic hydroxyl groups excluding tert-OH is 2. The van der Waals surface area contributed by atoms with Crippen molar-refractivity contribution in [1.82, 2.24) is 0 Å². The van der Waals surface area contributed by atoms with Crippen molar-refractivity contribution >= 4 is 22.5 Å². The predicted molar refractivity (Wildman–Crippen MR) is 148 cm³/mol. The van der Waals surface area contributed by atoms with Gasteiger partial charge in [0.25, 0.3) is 0 Å². The Bertz CT molecular complexity index is 1430. The first-order valence-electron chi connectivity index (χ1n) is 12.2. The van der Waals surface area contributed by atoms with Crippen molar-refractivity contribution in [3.05, 3.63) is 132 Å². The zero-order valence-electron chi connectivity index (χ0n) is 20.2. The Hall–Kier alpha value is -3.77. The van der Waals surface area contributed by atoms with Gasteiger partial charge in [-0.1, -0.05) is 96.7 Å². The molecule has 5 heteroatoms. The highest BCUT2D eigenvalue weighted by atomic mass is 32.2. The van der Waals surface area contributed by atoms with Gasteiger partial charge in [-0.25, -0.2) is 0 Å². The number of aliphatic hydroxyl groups is 2. The van der Waals surface area contributed by atoms with Gasteiger partial charge in [0.05, 0.1) is 4.90 Å². The lowest BCUT2D eigenvalue weighted by Crippen LogP contribution is -2.10. The molecule has 0 aromatic heterocycles. The molecule has 4 nitrogen and oxygen atoms in total. The van der Waals surface area contributed by atoms with Crippen LogP contribution in [-0.2, 0) is 0 Å². The molecule has 0 fully saturated rings. The molecule has 0 bridgehead atoms. The number of benzene rings is 5. The minimum atomic E-state index is -0.724. The highest BCUT2D eigenvalue weighted by Crippen LogP contribution is 2.41. The molecule has 0 aliphatic rings. The molecule has 0 aliphatic heterocycles. The first kappa shape index (κ1) is 24.9. The van der Waals surface area contributed by atoms with Crippen molar-refractivity contribution in [2.45, 2.75) is 22.0 Å². The number of rotatable bonds is 10. The first-order valence-corrected chi connectivity index (χ1v) is 13.0. The minimum absolute atomic E-state index is 0.149. The predicted octanol–water partition coefficient (Wildman–Crippen LogP) is 7.22. The molecule has 5 aromatic rings. The zero-order chi connectivity index (χ0) is 25.5. The van der Waals surface area contributed by atoms with Gasteiger partial charge >= 0.3 is 0 Å². The van der Waals surface area contributed by atoms with E-state index in [0.29, 0.717) is 11.5 Å².